The minimum atomic E-state index is 0.648. The number of hydrogen-bond donors (Lipinski definition) is 0. The normalized spacial score (nSPS) is 11.8. The topological polar surface area (TPSA) is 43.6 Å². The molecular weight excluding hydrogens is 573 g/mol. The third-order valence-corrected chi connectivity index (χ3v) is 9.38. The van der Waals surface area contributed by atoms with Crippen molar-refractivity contribution >= 4 is 32.6 Å². The second kappa shape index (κ2) is 10.1. The predicted molar refractivity (Wildman–Crippen MR) is 192 cm³/mol. The molecule has 0 aliphatic heterocycles. The van der Waals surface area contributed by atoms with Crippen LogP contribution >= 0.6 is 0 Å². The fourth-order valence-electron chi connectivity index (χ4n) is 7.29. The van der Waals surface area contributed by atoms with Crippen molar-refractivity contribution in [3.63, 3.8) is 0 Å². The van der Waals surface area contributed by atoms with Crippen LogP contribution in [0.1, 0.15) is 0 Å². The van der Waals surface area contributed by atoms with Gasteiger partial charge in [-0.1, -0.05) is 121 Å². The van der Waals surface area contributed by atoms with Gasteiger partial charge in [0, 0.05) is 38.5 Å². The Bertz CT molecular complexity index is 2600. The van der Waals surface area contributed by atoms with Crippen LogP contribution in [0.5, 0.6) is 0 Å². The summed E-state index contributed by atoms with van der Waals surface area (Å²) in [5, 5.41) is 5.10. The third-order valence-electron chi connectivity index (χ3n) is 9.38. The number of para-hydroxylation sites is 1. The van der Waals surface area contributed by atoms with Crippen LogP contribution in [0.4, 0.5) is 0 Å². The zero-order valence-corrected chi connectivity index (χ0v) is 25.3. The summed E-state index contributed by atoms with van der Waals surface area (Å²) >= 11 is 0. The molecule has 1 aliphatic rings. The third kappa shape index (κ3) is 3.92. The molecule has 1 aliphatic carbocycles. The molecule has 0 bridgehead atoms. The van der Waals surface area contributed by atoms with E-state index in [2.05, 4.69) is 102 Å². The van der Waals surface area contributed by atoms with Crippen LogP contribution < -0.4 is 0 Å². The van der Waals surface area contributed by atoms with Crippen molar-refractivity contribution in [1.82, 2.24) is 19.5 Å². The van der Waals surface area contributed by atoms with Gasteiger partial charge in [0.15, 0.2) is 17.5 Å². The van der Waals surface area contributed by atoms with Gasteiger partial charge in [-0.15, -0.1) is 0 Å². The highest BCUT2D eigenvalue weighted by atomic mass is 15.0. The Morgan fingerprint density at radius 1 is 0.362 bits per heavy atom. The van der Waals surface area contributed by atoms with E-state index in [1.54, 1.807) is 0 Å². The lowest BCUT2D eigenvalue weighted by Crippen LogP contribution is -2.00. The highest BCUT2D eigenvalue weighted by molar-refractivity contribution is 6.27. The fraction of sp³-hybridized carbons (Fsp3) is 0. The molecule has 4 nitrogen and oxygen atoms in total. The van der Waals surface area contributed by atoms with Gasteiger partial charge in [-0.3, -0.25) is 0 Å². The second-order valence-corrected chi connectivity index (χ2v) is 12.0. The van der Waals surface area contributed by atoms with Crippen molar-refractivity contribution < 1.29 is 0 Å². The van der Waals surface area contributed by atoms with Gasteiger partial charge in [0.25, 0.3) is 0 Å². The van der Waals surface area contributed by atoms with E-state index in [4.69, 9.17) is 15.0 Å². The van der Waals surface area contributed by atoms with Gasteiger partial charge in [-0.25, -0.2) is 15.0 Å². The van der Waals surface area contributed by atoms with Crippen molar-refractivity contribution in [2.75, 3.05) is 0 Å². The quantitative estimate of drug-likeness (QED) is 0.202. The highest BCUT2D eigenvalue weighted by Gasteiger charge is 2.25. The standard InChI is InChI=1S/C43H26N4/c1-3-12-27(13-4-1)41-44-42(28-14-5-2-6-15-28)46-43(45-41)29-22-24-30(25-23-29)47-38-21-10-9-18-33(38)37-26-36-32-17-8-7-16-31(32)34-19-11-20-35(39(34)36)40(37)47/h1-26H. The zero-order chi connectivity index (χ0) is 30.9. The summed E-state index contributed by atoms with van der Waals surface area (Å²) in [5.41, 5.74) is 11.6. The van der Waals surface area contributed by atoms with E-state index < -0.39 is 0 Å². The molecule has 10 rings (SSSR count). The van der Waals surface area contributed by atoms with Gasteiger partial charge >= 0.3 is 0 Å². The molecule has 0 radical (unpaired) electrons. The molecule has 0 N–H and O–H groups in total. The van der Waals surface area contributed by atoms with E-state index >= 15 is 0 Å². The molecule has 0 spiro atoms. The molecule has 4 heteroatoms. The number of rotatable bonds is 4. The number of nitrogens with zero attached hydrogens (tertiary/aromatic N) is 4. The van der Waals surface area contributed by atoms with Gasteiger partial charge in [-0.05, 0) is 64.0 Å². The average Bonchev–Trinajstić information content (AvgIpc) is 3.66. The summed E-state index contributed by atoms with van der Waals surface area (Å²) in [7, 11) is 0. The van der Waals surface area contributed by atoms with Crippen LogP contribution in [0.25, 0.3) is 94.7 Å². The van der Waals surface area contributed by atoms with Crippen molar-refractivity contribution in [2.24, 2.45) is 0 Å². The first-order valence-electron chi connectivity index (χ1n) is 15.9. The molecule has 0 unspecified atom stereocenters. The maximum absolute atomic E-state index is 4.95. The zero-order valence-electron chi connectivity index (χ0n) is 25.3. The SMILES string of the molecule is c1ccc(-c2nc(-c3ccccc3)nc(-c3ccc(-n4c5ccccc5c5cc6c7c(cccc7c54)-c4ccccc4-6)cc3)n2)cc1. The molecule has 0 saturated carbocycles. The van der Waals surface area contributed by atoms with Gasteiger partial charge < -0.3 is 4.57 Å². The van der Waals surface area contributed by atoms with Crippen LogP contribution in [0.15, 0.2) is 158 Å². The molecule has 0 atom stereocenters. The Kier molecular flexibility index (Phi) is 5.54. The Hall–Kier alpha value is -6.39. The van der Waals surface area contributed by atoms with E-state index in [-0.39, 0.29) is 0 Å². The van der Waals surface area contributed by atoms with Gasteiger partial charge in [0.2, 0.25) is 0 Å². The van der Waals surface area contributed by atoms with Crippen LogP contribution in [-0.2, 0) is 0 Å². The summed E-state index contributed by atoms with van der Waals surface area (Å²) in [6.07, 6.45) is 0. The molecule has 9 aromatic rings. The van der Waals surface area contributed by atoms with Crippen molar-refractivity contribution in [2.45, 2.75) is 0 Å². The smallest absolute Gasteiger partial charge is 0.164 e. The molecular formula is C43H26N4. The van der Waals surface area contributed by atoms with Gasteiger partial charge in [0.1, 0.15) is 0 Å². The molecule has 7 aromatic carbocycles. The number of benzene rings is 7. The lowest BCUT2D eigenvalue weighted by molar-refractivity contribution is 1.07. The van der Waals surface area contributed by atoms with Crippen LogP contribution in [0, 0.1) is 0 Å². The highest BCUT2D eigenvalue weighted by Crippen LogP contribution is 2.50. The maximum atomic E-state index is 4.95. The Morgan fingerprint density at radius 2 is 0.872 bits per heavy atom. The first kappa shape index (κ1) is 25.9. The first-order valence-corrected chi connectivity index (χ1v) is 15.9. The van der Waals surface area contributed by atoms with E-state index in [0.717, 1.165) is 22.4 Å². The summed E-state index contributed by atoms with van der Waals surface area (Å²) in [4.78, 5) is 14.8. The van der Waals surface area contributed by atoms with E-state index in [1.165, 1.54) is 54.8 Å². The lowest BCUT2D eigenvalue weighted by atomic mass is 9.99. The van der Waals surface area contributed by atoms with Gasteiger partial charge in [-0.2, -0.15) is 0 Å². The molecule has 0 fully saturated rings. The van der Waals surface area contributed by atoms with Gasteiger partial charge in [0.05, 0.1) is 11.0 Å². The van der Waals surface area contributed by atoms with Crippen LogP contribution in [0.2, 0.25) is 0 Å². The Morgan fingerprint density at radius 3 is 1.53 bits per heavy atom. The first-order chi connectivity index (χ1) is 23.3. The Balaban J connectivity index is 1.17. The van der Waals surface area contributed by atoms with E-state index in [9.17, 15) is 0 Å². The summed E-state index contributed by atoms with van der Waals surface area (Å²) in [6, 6.07) is 55.5. The van der Waals surface area contributed by atoms with Crippen molar-refractivity contribution in [3.05, 3.63) is 158 Å². The molecule has 0 amide bonds. The summed E-state index contributed by atoms with van der Waals surface area (Å²) in [6.45, 7) is 0. The number of aromatic nitrogens is 4. The molecule has 2 aromatic heterocycles. The molecule has 47 heavy (non-hydrogen) atoms. The number of hydrogen-bond acceptors (Lipinski definition) is 3. The number of fused-ring (bicyclic) bond motifs is 7. The predicted octanol–water partition coefficient (Wildman–Crippen LogP) is 10.8. The second-order valence-electron chi connectivity index (χ2n) is 12.0. The summed E-state index contributed by atoms with van der Waals surface area (Å²) < 4.78 is 2.42. The lowest BCUT2D eigenvalue weighted by Gasteiger charge is -2.12. The average molecular weight is 599 g/mol. The van der Waals surface area contributed by atoms with Crippen LogP contribution in [-0.4, -0.2) is 19.5 Å². The molecule has 0 saturated heterocycles. The monoisotopic (exact) mass is 598 g/mol. The summed E-state index contributed by atoms with van der Waals surface area (Å²) in [5.74, 6) is 1.96. The van der Waals surface area contributed by atoms with Crippen LogP contribution in [0.3, 0.4) is 0 Å². The van der Waals surface area contributed by atoms with Crippen molar-refractivity contribution in [3.8, 4) is 62.1 Å². The van der Waals surface area contributed by atoms with E-state index in [1.807, 2.05) is 60.7 Å². The largest absolute Gasteiger partial charge is 0.309 e. The Labute approximate surface area is 271 Å². The van der Waals surface area contributed by atoms with E-state index in [0.29, 0.717) is 17.5 Å². The minimum absolute atomic E-state index is 0.648. The maximum Gasteiger partial charge on any atom is 0.164 e. The fourth-order valence-corrected chi connectivity index (χ4v) is 7.29. The molecule has 2 heterocycles. The molecule has 218 valence electrons. The minimum Gasteiger partial charge on any atom is -0.309 e. The van der Waals surface area contributed by atoms with Crippen molar-refractivity contribution in [1.29, 1.82) is 0 Å².